The molecular weight excluding hydrogens is 336 g/mol. The molecule has 1 N–H and O–H groups in total. The van der Waals surface area contributed by atoms with Crippen LogP contribution in [0.15, 0.2) is 48.5 Å². The lowest BCUT2D eigenvalue weighted by atomic mass is 9.84. The molecule has 3 rings (SSSR count). The number of nitrogens with one attached hydrogen (secondary N) is 1. The number of benzene rings is 2. The number of rotatable bonds is 4. The molecule has 1 aliphatic heterocycles. The van der Waals surface area contributed by atoms with Crippen molar-refractivity contribution in [2.45, 2.75) is 12.8 Å². The summed E-state index contributed by atoms with van der Waals surface area (Å²) in [5.74, 6) is 0.110. The van der Waals surface area contributed by atoms with E-state index in [2.05, 4.69) is 10.2 Å². The van der Waals surface area contributed by atoms with Crippen LogP contribution in [0.4, 0.5) is 5.69 Å². The van der Waals surface area contributed by atoms with Crippen LogP contribution in [0.1, 0.15) is 28.8 Å². The Hall–Kier alpha value is -2.17. The molecule has 1 amide bonds. The molecule has 130 valence electrons. The van der Waals surface area contributed by atoms with E-state index in [9.17, 15) is 9.59 Å². The number of hydrogen-bond acceptors (Lipinski definition) is 3. The van der Waals surface area contributed by atoms with Crippen LogP contribution in [-0.4, -0.2) is 36.7 Å². The maximum absolute atomic E-state index is 13.0. The largest absolute Gasteiger partial charge is 0.326 e. The van der Waals surface area contributed by atoms with Gasteiger partial charge in [0.15, 0.2) is 5.78 Å². The molecule has 0 bridgehead atoms. The minimum Gasteiger partial charge on any atom is -0.326 e. The fraction of sp³-hybridized carbons (Fsp3) is 0.300. The van der Waals surface area contributed by atoms with Crippen LogP contribution in [-0.2, 0) is 4.79 Å². The van der Waals surface area contributed by atoms with Crippen LogP contribution in [0, 0.1) is 5.92 Å². The fourth-order valence-electron chi connectivity index (χ4n) is 3.45. The van der Waals surface area contributed by atoms with Gasteiger partial charge in [-0.15, -0.1) is 0 Å². The summed E-state index contributed by atoms with van der Waals surface area (Å²) >= 11 is 5.93. The van der Waals surface area contributed by atoms with Crippen LogP contribution >= 0.6 is 11.6 Å². The van der Waals surface area contributed by atoms with Gasteiger partial charge in [0.1, 0.15) is 0 Å². The van der Waals surface area contributed by atoms with E-state index >= 15 is 0 Å². The van der Waals surface area contributed by atoms with Crippen LogP contribution in [0.3, 0.4) is 0 Å². The number of likely N-dealkylation sites (tertiary alicyclic amines) is 1. The number of carbonyl (C=O) groups excluding carboxylic acids is 2. The van der Waals surface area contributed by atoms with E-state index in [1.54, 1.807) is 24.3 Å². The third kappa shape index (κ3) is 4.09. The maximum Gasteiger partial charge on any atom is 0.221 e. The summed E-state index contributed by atoms with van der Waals surface area (Å²) in [6, 6.07) is 14.9. The highest BCUT2D eigenvalue weighted by Crippen LogP contribution is 2.34. The molecule has 1 fully saturated rings. The van der Waals surface area contributed by atoms with E-state index in [1.165, 1.54) is 6.92 Å². The van der Waals surface area contributed by atoms with Gasteiger partial charge in [-0.05, 0) is 49.0 Å². The Kier molecular flexibility index (Phi) is 5.21. The fourth-order valence-corrected chi connectivity index (χ4v) is 3.58. The lowest BCUT2D eigenvalue weighted by molar-refractivity contribution is -0.114. The second kappa shape index (κ2) is 7.38. The highest BCUT2D eigenvalue weighted by Gasteiger charge is 2.37. The zero-order chi connectivity index (χ0) is 18.0. The van der Waals surface area contributed by atoms with Crippen molar-refractivity contribution in [3.8, 4) is 0 Å². The molecule has 2 unspecified atom stereocenters. The number of nitrogens with zero attached hydrogens (tertiary/aromatic N) is 1. The molecule has 2 aromatic rings. The van der Waals surface area contributed by atoms with E-state index in [-0.39, 0.29) is 23.5 Å². The topological polar surface area (TPSA) is 49.4 Å². The lowest BCUT2D eigenvalue weighted by Gasteiger charge is -2.18. The maximum atomic E-state index is 13.0. The molecule has 2 atom stereocenters. The van der Waals surface area contributed by atoms with Crippen molar-refractivity contribution in [2.75, 3.05) is 25.5 Å². The molecule has 0 saturated carbocycles. The summed E-state index contributed by atoms with van der Waals surface area (Å²) in [5.41, 5.74) is 2.58. The number of Topliss-reactive ketones (excluding diaryl/α,β-unsaturated/α-hetero) is 1. The Morgan fingerprint density at radius 2 is 1.68 bits per heavy atom. The summed E-state index contributed by atoms with van der Waals surface area (Å²) in [6.45, 7) is 3.06. The van der Waals surface area contributed by atoms with Crippen molar-refractivity contribution in [1.29, 1.82) is 0 Å². The third-order valence-electron chi connectivity index (χ3n) is 4.63. The molecule has 0 spiro atoms. The number of carbonyl (C=O) groups is 2. The zero-order valence-electron chi connectivity index (χ0n) is 14.3. The number of amides is 1. The first-order valence-corrected chi connectivity index (χ1v) is 8.67. The number of hydrogen-bond donors (Lipinski definition) is 1. The van der Waals surface area contributed by atoms with Gasteiger partial charge in [0.2, 0.25) is 5.91 Å². The van der Waals surface area contributed by atoms with Gasteiger partial charge >= 0.3 is 0 Å². The Bertz CT molecular complexity index is 771. The Labute approximate surface area is 152 Å². The minimum absolute atomic E-state index is 0.0854. The first-order chi connectivity index (χ1) is 11.9. The predicted molar refractivity (Wildman–Crippen MR) is 100 cm³/mol. The smallest absolute Gasteiger partial charge is 0.221 e. The van der Waals surface area contributed by atoms with E-state index in [0.29, 0.717) is 10.6 Å². The second-order valence-corrected chi connectivity index (χ2v) is 7.04. The molecule has 2 aromatic carbocycles. The Morgan fingerprint density at radius 3 is 2.28 bits per heavy atom. The van der Waals surface area contributed by atoms with Gasteiger partial charge in [-0.25, -0.2) is 0 Å². The molecule has 4 nitrogen and oxygen atoms in total. The van der Waals surface area contributed by atoms with Crippen molar-refractivity contribution < 1.29 is 9.59 Å². The average molecular weight is 357 g/mol. The van der Waals surface area contributed by atoms with Crippen molar-refractivity contribution in [3.63, 3.8) is 0 Å². The molecule has 1 heterocycles. The van der Waals surface area contributed by atoms with Crippen LogP contribution in [0.5, 0.6) is 0 Å². The summed E-state index contributed by atoms with van der Waals surface area (Å²) < 4.78 is 0. The number of anilines is 1. The third-order valence-corrected chi connectivity index (χ3v) is 4.88. The first-order valence-electron chi connectivity index (χ1n) is 8.30. The van der Waals surface area contributed by atoms with Gasteiger partial charge < -0.3 is 10.2 Å². The normalized spacial score (nSPS) is 20.4. The predicted octanol–water partition coefficient (Wildman–Crippen LogP) is 3.83. The standard InChI is InChI=1S/C20H21ClN2O2/c1-13(24)22-17-9-5-14(6-10-17)18-11-23(2)12-19(18)20(25)15-3-7-16(21)8-4-15/h3-10,18-19H,11-12H2,1-2H3,(H,22,24). The Balaban J connectivity index is 1.82. The first kappa shape index (κ1) is 17.6. The van der Waals surface area contributed by atoms with Gasteiger partial charge in [-0.3, -0.25) is 9.59 Å². The molecule has 1 saturated heterocycles. The van der Waals surface area contributed by atoms with Gasteiger partial charge in [-0.2, -0.15) is 0 Å². The van der Waals surface area contributed by atoms with Crippen molar-refractivity contribution in [3.05, 3.63) is 64.7 Å². The Morgan fingerprint density at radius 1 is 1.04 bits per heavy atom. The highest BCUT2D eigenvalue weighted by molar-refractivity contribution is 6.30. The van der Waals surface area contributed by atoms with Crippen molar-refractivity contribution in [2.24, 2.45) is 5.92 Å². The van der Waals surface area contributed by atoms with E-state index in [4.69, 9.17) is 11.6 Å². The lowest BCUT2D eigenvalue weighted by Crippen LogP contribution is -2.22. The van der Waals surface area contributed by atoms with Crippen LogP contribution in [0.2, 0.25) is 5.02 Å². The molecule has 5 heteroatoms. The molecule has 0 radical (unpaired) electrons. The number of ketones is 1. The van der Waals surface area contributed by atoms with Crippen molar-refractivity contribution >= 4 is 29.0 Å². The van der Waals surface area contributed by atoms with Crippen LogP contribution < -0.4 is 5.32 Å². The summed E-state index contributed by atoms with van der Waals surface area (Å²) in [5, 5.41) is 3.40. The summed E-state index contributed by atoms with van der Waals surface area (Å²) in [6.07, 6.45) is 0. The SMILES string of the molecule is CC(=O)Nc1ccc(C2CN(C)CC2C(=O)c2ccc(Cl)cc2)cc1. The zero-order valence-corrected chi connectivity index (χ0v) is 15.1. The van der Waals surface area contributed by atoms with Crippen molar-refractivity contribution in [1.82, 2.24) is 4.90 Å². The second-order valence-electron chi connectivity index (χ2n) is 6.61. The van der Waals surface area contributed by atoms with E-state index < -0.39 is 0 Å². The van der Waals surface area contributed by atoms with Gasteiger partial charge in [-0.1, -0.05) is 23.7 Å². The number of likely N-dealkylation sites (N-methyl/N-ethyl adjacent to an activating group) is 1. The molecule has 0 aliphatic carbocycles. The quantitative estimate of drug-likeness (QED) is 0.847. The van der Waals surface area contributed by atoms with E-state index in [0.717, 1.165) is 24.3 Å². The monoisotopic (exact) mass is 356 g/mol. The van der Waals surface area contributed by atoms with Gasteiger partial charge in [0.25, 0.3) is 0 Å². The van der Waals surface area contributed by atoms with Gasteiger partial charge in [0, 0.05) is 48.1 Å². The van der Waals surface area contributed by atoms with Gasteiger partial charge in [0.05, 0.1) is 0 Å². The summed E-state index contributed by atoms with van der Waals surface area (Å²) in [4.78, 5) is 26.3. The average Bonchev–Trinajstić information content (AvgIpc) is 2.97. The molecule has 25 heavy (non-hydrogen) atoms. The van der Waals surface area contributed by atoms with Crippen LogP contribution in [0.25, 0.3) is 0 Å². The number of halogens is 1. The molecule has 1 aliphatic rings. The summed E-state index contributed by atoms with van der Waals surface area (Å²) in [7, 11) is 2.04. The molecule has 0 aromatic heterocycles. The molecular formula is C20H21ClN2O2. The minimum atomic E-state index is -0.0934. The van der Waals surface area contributed by atoms with E-state index in [1.807, 2.05) is 31.3 Å². The highest BCUT2D eigenvalue weighted by atomic mass is 35.5.